The molecule has 0 amide bonds. The largest absolute Gasteiger partial charge is 0.388 e. The molecular formula is C13H15N3O. The van der Waals surface area contributed by atoms with Crippen molar-refractivity contribution < 1.29 is 5.11 Å². The van der Waals surface area contributed by atoms with Crippen LogP contribution in [0.5, 0.6) is 0 Å². The van der Waals surface area contributed by atoms with Gasteiger partial charge >= 0.3 is 0 Å². The van der Waals surface area contributed by atoms with E-state index in [0.29, 0.717) is 6.54 Å². The van der Waals surface area contributed by atoms with E-state index < -0.39 is 5.60 Å². The van der Waals surface area contributed by atoms with E-state index >= 15 is 0 Å². The number of aromatic nitrogens is 2. The molecule has 0 saturated heterocycles. The van der Waals surface area contributed by atoms with Crippen LogP contribution in [0.15, 0.2) is 30.5 Å². The predicted octanol–water partition coefficient (Wildman–Crippen LogP) is 1.96. The van der Waals surface area contributed by atoms with Gasteiger partial charge in [0, 0.05) is 17.3 Å². The lowest BCUT2D eigenvalue weighted by Crippen LogP contribution is -2.43. The van der Waals surface area contributed by atoms with Crippen molar-refractivity contribution in [1.82, 2.24) is 10.2 Å². The van der Waals surface area contributed by atoms with Crippen molar-refractivity contribution in [2.24, 2.45) is 0 Å². The summed E-state index contributed by atoms with van der Waals surface area (Å²) in [7, 11) is 0. The lowest BCUT2D eigenvalue weighted by Gasteiger charge is -2.36. The summed E-state index contributed by atoms with van der Waals surface area (Å²) in [5, 5.41) is 23.4. The summed E-state index contributed by atoms with van der Waals surface area (Å²) in [5.41, 5.74) is -0.543. The molecule has 4 heteroatoms. The van der Waals surface area contributed by atoms with Crippen LogP contribution in [-0.4, -0.2) is 27.4 Å². The molecule has 4 nitrogen and oxygen atoms in total. The molecule has 1 aromatic heterocycles. The SMILES string of the molecule is OC1(CNc2nncc3ccccc23)CCC1. The van der Waals surface area contributed by atoms with Gasteiger partial charge < -0.3 is 10.4 Å². The Morgan fingerprint density at radius 2 is 2.12 bits per heavy atom. The third kappa shape index (κ3) is 1.96. The highest BCUT2D eigenvalue weighted by Crippen LogP contribution is 2.32. The summed E-state index contributed by atoms with van der Waals surface area (Å²) in [4.78, 5) is 0. The minimum atomic E-state index is -0.543. The molecule has 1 saturated carbocycles. The molecule has 0 unspecified atom stereocenters. The van der Waals surface area contributed by atoms with Gasteiger partial charge in [-0.25, -0.2) is 0 Å². The van der Waals surface area contributed by atoms with Gasteiger partial charge in [-0.3, -0.25) is 0 Å². The molecule has 0 bridgehead atoms. The van der Waals surface area contributed by atoms with Crippen LogP contribution >= 0.6 is 0 Å². The number of hydrogen-bond donors (Lipinski definition) is 2. The first-order valence-electron chi connectivity index (χ1n) is 5.94. The fourth-order valence-corrected chi connectivity index (χ4v) is 2.17. The molecule has 88 valence electrons. The Bertz CT molecular complexity index is 532. The van der Waals surface area contributed by atoms with Crippen LogP contribution in [0.2, 0.25) is 0 Å². The number of fused-ring (bicyclic) bond motifs is 1. The summed E-state index contributed by atoms with van der Waals surface area (Å²) in [6.45, 7) is 0.551. The minimum absolute atomic E-state index is 0.543. The molecule has 1 aliphatic carbocycles. The van der Waals surface area contributed by atoms with Gasteiger partial charge in [0.2, 0.25) is 0 Å². The van der Waals surface area contributed by atoms with Crippen molar-refractivity contribution in [3.63, 3.8) is 0 Å². The molecule has 3 rings (SSSR count). The van der Waals surface area contributed by atoms with Gasteiger partial charge in [0.1, 0.15) is 0 Å². The molecule has 0 spiro atoms. The van der Waals surface area contributed by atoms with E-state index in [1.807, 2.05) is 24.3 Å². The van der Waals surface area contributed by atoms with Crippen LogP contribution < -0.4 is 5.32 Å². The van der Waals surface area contributed by atoms with E-state index in [4.69, 9.17) is 0 Å². The van der Waals surface area contributed by atoms with E-state index in [-0.39, 0.29) is 0 Å². The number of benzene rings is 1. The predicted molar refractivity (Wildman–Crippen MR) is 66.8 cm³/mol. The molecule has 1 aliphatic rings. The Hall–Kier alpha value is -1.68. The second-order valence-electron chi connectivity index (χ2n) is 4.71. The first-order chi connectivity index (χ1) is 8.27. The van der Waals surface area contributed by atoms with Crippen LogP contribution in [0.1, 0.15) is 19.3 Å². The quantitative estimate of drug-likeness (QED) is 0.844. The normalized spacial score (nSPS) is 17.7. The topological polar surface area (TPSA) is 58.0 Å². The van der Waals surface area contributed by atoms with Crippen LogP contribution in [0.25, 0.3) is 10.8 Å². The number of rotatable bonds is 3. The van der Waals surface area contributed by atoms with E-state index in [1.165, 1.54) is 0 Å². The highest BCUT2D eigenvalue weighted by atomic mass is 16.3. The standard InChI is InChI=1S/C13H15N3O/c17-13(6-3-7-13)9-14-12-11-5-2-1-4-10(11)8-15-16-12/h1-2,4-5,8,17H,3,6-7,9H2,(H,14,16). The number of nitrogens with zero attached hydrogens (tertiary/aromatic N) is 2. The van der Waals surface area contributed by atoms with E-state index in [2.05, 4.69) is 15.5 Å². The van der Waals surface area contributed by atoms with Gasteiger partial charge in [-0.05, 0) is 19.3 Å². The van der Waals surface area contributed by atoms with Gasteiger partial charge in [0.15, 0.2) is 5.82 Å². The molecular weight excluding hydrogens is 214 g/mol. The zero-order valence-corrected chi connectivity index (χ0v) is 9.56. The number of nitrogens with one attached hydrogen (secondary N) is 1. The summed E-state index contributed by atoms with van der Waals surface area (Å²) >= 11 is 0. The Morgan fingerprint density at radius 3 is 2.88 bits per heavy atom. The Kier molecular flexibility index (Phi) is 2.44. The zero-order chi connectivity index (χ0) is 11.7. The van der Waals surface area contributed by atoms with Gasteiger partial charge in [-0.2, -0.15) is 5.10 Å². The van der Waals surface area contributed by atoms with Crippen molar-refractivity contribution in [3.05, 3.63) is 30.5 Å². The molecule has 1 aromatic carbocycles. The maximum atomic E-state index is 10.0. The number of hydrogen-bond acceptors (Lipinski definition) is 4. The smallest absolute Gasteiger partial charge is 0.156 e. The lowest BCUT2D eigenvalue weighted by atomic mass is 9.80. The number of anilines is 1. The molecule has 1 heterocycles. The fraction of sp³-hybridized carbons (Fsp3) is 0.385. The minimum Gasteiger partial charge on any atom is -0.388 e. The van der Waals surface area contributed by atoms with E-state index in [0.717, 1.165) is 35.9 Å². The third-order valence-electron chi connectivity index (χ3n) is 3.44. The van der Waals surface area contributed by atoms with E-state index in [9.17, 15) is 5.11 Å². The first kappa shape index (κ1) is 10.5. The van der Waals surface area contributed by atoms with Gasteiger partial charge in [0.05, 0.1) is 11.8 Å². The average molecular weight is 229 g/mol. The molecule has 17 heavy (non-hydrogen) atoms. The molecule has 0 radical (unpaired) electrons. The van der Waals surface area contributed by atoms with Gasteiger partial charge in [-0.15, -0.1) is 5.10 Å². The van der Waals surface area contributed by atoms with E-state index in [1.54, 1.807) is 6.20 Å². The maximum Gasteiger partial charge on any atom is 0.156 e. The highest BCUT2D eigenvalue weighted by Gasteiger charge is 2.34. The van der Waals surface area contributed by atoms with Gasteiger partial charge in [-0.1, -0.05) is 24.3 Å². The molecule has 0 aliphatic heterocycles. The zero-order valence-electron chi connectivity index (χ0n) is 9.56. The van der Waals surface area contributed by atoms with Crippen LogP contribution in [0, 0.1) is 0 Å². The summed E-state index contributed by atoms with van der Waals surface area (Å²) in [6, 6.07) is 7.98. The first-order valence-corrected chi connectivity index (χ1v) is 5.94. The van der Waals surface area contributed by atoms with Crippen molar-refractivity contribution in [2.75, 3.05) is 11.9 Å². The molecule has 2 N–H and O–H groups in total. The fourth-order valence-electron chi connectivity index (χ4n) is 2.17. The van der Waals surface area contributed by atoms with Crippen LogP contribution in [0.4, 0.5) is 5.82 Å². The van der Waals surface area contributed by atoms with Crippen molar-refractivity contribution in [1.29, 1.82) is 0 Å². The number of aliphatic hydroxyl groups is 1. The Morgan fingerprint density at radius 1 is 1.29 bits per heavy atom. The third-order valence-corrected chi connectivity index (χ3v) is 3.44. The molecule has 0 atom stereocenters. The summed E-state index contributed by atoms with van der Waals surface area (Å²) in [6.07, 6.45) is 4.61. The second kappa shape index (κ2) is 3.96. The Labute approximate surface area is 99.7 Å². The van der Waals surface area contributed by atoms with Crippen LogP contribution in [0.3, 0.4) is 0 Å². The molecule has 1 fully saturated rings. The average Bonchev–Trinajstić information content (AvgIpc) is 2.34. The second-order valence-corrected chi connectivity index (χ2v) is 4.71. The summed E-state index contributed by atoms with van der Waals surface area (Å²) < 4.78 is 0. The Balaban J connectivity index is 1.85. The highest BCUT2D eigenvalue weighted by molar-refractivity contribution is 5.90. The lowest BCUT2D eigenvalue weighted by molar-refractivity contribution is -0.0202. The van der Waals surface area contributed by atoms with Crippen molar-refractivity contribution in [3.8, 4) is 0 Å². The van der Waals surface area contributed by atoms with Crippen molar-refractivity contribution >= 4 is 16.6 Å². The van der Waals surface area contributed by atoms with Gasteiger partial charge in [0.25, 0.3) is 0 Å². The monoisotopic (exact) mass is 229 g/mol. The van der Waals surface area contributed by atoms with Crippen LogP contribution in [-0.2, 0) is 0 Å². The van der Waals surface area contributed by atoms with Crippen molar-refractivity contribution in [2.45, 2.75) is 24.9 Å². The summed E-state index contributed by atoms with van der Waals surface area (Å²) in [5.74, 6) is 0.753. The maximum absolute atomic E-state index is 10.0. The molecule has 2 aromatic rings.